The highest BCUT2D eigenvalue weighted by atomic mass is 79.9. The van der Waals surface area contributed by atoms with E-state index in [9.17, 15) is 9.59 Å². The van der Waals surface area contributed by atoms with Gasteiger partial charge in [-0.05, 0) is 48.0 Å². The summed E-state index contributed by atoms with van der Waals surface area (Å²) in [6, 6.07) is 14.3. The van der Waals surface area contributed by atoms with Crippen LogP contribution in [0.5, 0.6) is 11.5 Å². The van der Waals surface area contributed by atoms with E-state index in [-0.39, 0.29) is 17.9 Å². The molecule has 2 aromatic carbocycles. The van der Waals surface area contributed by atoms with Crippen molar-refractivity contribution >= 4 is 27.5 Å². The van der Waals surface area contributed by atoms with E-state index >= 15 is 0 Å². The number of carbonyl (C=O) groups is 1. The number of carbonyl (C=O) groups excluding carboxylic acids is 1. The monoisotopic (exact) mass is 484 g/mol. The first-order valence-corrected chi connectivity index (χ1v) is 10.3. The van der Waals surface area contributed by atoms with Gasteiger partial charge in [-0.3, -0.25) is 14.3 Å². The van der Waals surface area contributed by atoms with E-state index in [1.807, 2.05) is 36.4 Å². The summed E-state index contributed by atoms with van der Waals surface area (Å²) < 4.78 is 14.8. The molecular formula is C22H21BrN4O4. The summed E-state index contributed by atoms with van der Waals surface area (Å²) >= 11 is 3.34. The van der Waals surface area contributed by atoms with Crippen molar-refractivity contribution in [3.05, 3.63) is 68.5 Å². The van der Waals surface area contributed by atoms with Gasteiger partial charge in [0, 0.05) is 13.1 Å². The van der Waals surface area contributed by atoms with Crippen LogP contribution in [0.1, 0.15) is 18.2 Å². The van der Waals surface area contributed by atoms with Crippen LogP contribution in [-0.2, 0) is 11.8 Å². The Morgan fingerprint density at radius 3 is 2.58 bits per heavy atom. The SMILES string of the molecule is CCOc1cc(C#N)cc(Br)c1OCC(=O)Nc1c(C)n(C)n(-c2ccccc2)c1=O. The molecule has 0 aliphatic heterocycles. The zero-order valence-electron chi connectivity index (χ0n) is 17.3. The molecule has 0 radical (unpaired) electrons. The molecule has 0 bridgehead atoms. The Morgan fingerprint density at radius 2 is 1.94 bits per heavy atom. The van der Waals surface area contributed by atoms with E-state index in [1.165, 1.54) is 4.68 Å². The van der Waals surface area contributed by atoms with E-state index in [2.05, 4.69) is 21.2 Å². The number of nitrogens with zero attached hydrogens (tertiary/aromatic N) is 3. The Kier molecular flexibility index (Phi) is 6.82. The fourth-order valence-electron chi connectivity index (χ4n) is 3.06. The second kappa shape index (κ2) is 9.53. The molecule has 0 saturated heterocycles. The van der Waals surface area contributed by atoms with Gasteiger partial charge in [0.2, 0.25) is 0 Å². The minimum Gasteiger partial charge on any atom is -0.490 e. The van der Waals surface area contributed by atoms with E-state index in [1.54, 1.807) is 37.7 Å². The van der Waals surface area contributed by atoms with Gasteiger partial charge in [-0.15, -0.1) is 0 Å². The van der Waals surface area contributed by atoms with Gasteiger partial charge in [0.1, 0.15) is 5.69 Å². The number of nitriles is 1. The number of nitrogens with one attached hydrogen (secondary N) is 1. The molecule has 31 heavy (non-hydrogen) atoms. The van der Waals surface area contributed by atoms with Crippen LogP contribution in [0.3, 0.4) is 0 Å². The molecule has 9 heteroatoms. The molecule has 0 saturated carbocycles. The summed E-state index contributed by atoms with van der Waals surface area (Å²) in [6.07, 6.45) is 0. The molecule has 0 atom stereocenters. The number of hydrogen-bond acceptors (Lipinski definition) is 5. The van der Waals surface area contributed by atoms with Gasteiger partial charge in [0.25, 0.3) is 11.5 Å². The van der Waals surface area contributed by atoms with Crippen molar-refractivity contribution in [3.63, 3.8) is 0 Å². The average Bonchev–Trinajstić information content (AvgIpc) is 2.96. The third kappa shape index (κ3) is 4.64. The number of amides is 1. The first-order valence-electron chi connectivity index (χ1n) is 9.50. The second-order valence-corrected chi connectivity index (χ2v) is 7.46. The highest BCUT2D eigenvalue weighted by Gasteiger charge is 2.19. The van der Waals surface area contributed by atoms with Gasteiger partial charge in [-0.1, -0.05) is 18.2 Å². The number of para-hydroxylation sites is 1. The van der Waals surface area contributed by atoms with Crippen LogP contribution in [0.4, 0.5) is 5.69 Å². The fourth-order valence-corrected chi connectivity index (χ4v) is 3.62. The lowest BCUT2D eigenvalue weighted by molar-refractivity contribution is -0.118. The standard InChI is InChI=1S/C22H21BrN4O4/c1-4-30-18-11-15(12-24)10-17(23)21(18)31-13-19(28)25-20-14(2)26(3)27(22(20)29)16-8-6-5-7-9-16/h5-11H,4,13H2,1-3H3,(H,25,28). The number of rotatable bonds is 7. The lowest BCUT2D eigenvalue weighted by Crippen LogP contribution is -2.25. The Labute approximate surface area is 187 Å². The molecule has 3 aromatic rings. The van der Waals surface area contributed by atoms with Crippen molar-refractivity contribution in [3.8, 4) is 23.3 Å². The molecule has 1 aromatic heterocycles. The van der Waals surface area contributed by atoms with E-state index in [0.717, 1.165) is 0 Å². The van der Waals surface area contributed by atoms with Crippen LogP contribution >= 0.6 is 15.9 Å². The Bertz CT molecular complexity index is 1210. The Morgan fingerprint density at radius 1 is 1.23 bits per heavy atom. The highest BCUT2D eigenvalue weighted by Crippen LogP contribution is 2.36. The van der Waals surface area contributed by atoms with Crippen molar-refractivity contribution in [1.29, 1.82) is 5.26 Å². The quantitative estimate of drug-likeness (QED) is 0.552. The van der Waals surface area contributed by atoms with Gasteiger partial charge in [-0.2, -0.15) is 5.26 Å². The molecule has 1 amide bonds. The predicted molar refractivity (Wildman–Crippen MR) is 120 cm³/mol. The van der Waals surface area contributed by atoms with E-state index < -0.39 is 5.91 Å². The summed E-state index contributed by atoms with van der Waals surface area (Å²) in [6.45, 7) is 3.58. The largest absolute Gasteiger partial charge is 0.490 e. The average molecular weight is 485 g/mol. The van der Waals surface area contributed by atoms with Gasteiger partial charge in [0.05, 0.1) is 34.1 Å². The van der Waals surface area contributed by atoms with Gasteiger partial charge in [-0.25, -0.2) is 4.68 Å². The molecule has 160 valence electrons. The molecule has 0 aliphatic rings. The topological polar surface area (TPSA) is 98.3 Å². The fraction of sp³-hybridized carbons (Fsp3) is 0.227. The van der Waals surface area contributed by atoms with Crippen LogP contribution < -0.4 is 20.3 Å². The van der Waals surface area contributed by atoms with Crippen LogP contribution in [0.15, 0.2) is 51.7 Å². The number of ether oxygens (including phenoxy) is 2. The maximum Gasteiger partial charge on any atom is 0.295 e. The summed E-state index contributed by atoms with van der Waals surface area (Å²) in [5.41, 5.74) is 1.54. The minimum absolute atomic E-state index is 0.184. The summed E-state index contributed by atoms with van der Waals surface area (Å²) in [5.74, 6) is 0.163. The number of anilines is 1. The molecule has 0 unspecified atom stereocenters. The normalized spacial score (nSPS) is 10.4. The zero-order valence-corrected chi connectivity index (χ0v) is 18.9. The number of benzene rings is 2. The number of halogens is 1. The maximum absolute atomic E-state index is 12.9. The van der Waals surface area contributed by atoms with Crippen molar-refractivity contribution in [2.45, 2.75) is 13.8 Å². The molecule has 0 fully saturated rings. The molecule has 1 N–H and O–H groups in total. The summed E-state index contributed by atoms with van der Waals surface area (Å²) in [5, 5.41) is 11.8. The Balaban J connectivity index is 1.80. The van der Waals surface area contributed by atoms with Crippen molar-refractivity contribution in [1.82, 2.24) is 9.36 Å². The molecular weight excluding hydrogens is 464 g/mol. The lowest BCUT2D eigenvalue weighted by Gasteiger charge is -2.14. The third-order valence-electron chi connectivity index (χ3n) is 4.60. The Hall–Kier alpha value is -3.51. The molecule has 0 spiro atoms. The molecule has 3 rings (SSSR count). The maximum atomic E-state index is 12.9. The van der Waals surface area contributed by atoms with Crippen molar-refractivity contribution < 1.29 is 14.3 Å². The van der Waals surface area contributed by atoms with Gasteiger partial charge < -0.3 is 14.8 Å². The second-order valence-electron chi connectivity index (χ2n) is 6.60. The van der Waals surface area contributed by atoms with Crippen LogP contribution in [-0.4, -0.2) is 28.5 Å². The predicted octanol–water partition coefficient (Wildman–Crippen LogP) is 3.53. The number of hydrogen-bond donors (Lipinski definition) is 1. The molecule has 8 nitrogen and oxygen atoms in total. The molecule has 0 aliphatic carbocycles. The zero-order chi connectivity index (χ0) is 22.5. The molecule has 1 heterocycles. The lowest BCUT2D eigenvalue weighted by atomic mass is 10.2. The van der Waals surface area contributed by atoms with Crippen molar-refractivity contribution in [2.24, 2.45) is 7.05 Å². The van der Waals surface area contributed by atoms with E-state index in [4.69, 9.17) is 14.7 Å². The van der Waals surface area contributed by atoms with Crippen molar-refractivity contribution in [2.75, 3.05) is 18.5 Å². The van der Waals surface area contributed by atoms with E-state index in [0.29, 0.717) is 39.5 Å². The summed E-state index contributed by atoms with van der Waals surface area (Å²) in [7, 11) is 1.75. The number of aromatic nitrogens is 2. The minimum atomic E-state index is -0.496. The van der Waals surface area contributed by atoms with Gasteiger partial charge in [0.15, 0.2) is 18.1 Å². The third-order valence-corrected chi connectivity index (χ3v) is 5.19. The van der Waals surface area contributed by atoms with Crippen LogP contribution in [0.2, 0.25) is 0 Å². The van der Waals surface area contributed by atoms with Crippen LogP contribution in [0, 0.1) is 18.3 Å². The first-order chi connectivity index (χ1) is 14.9. The highest BCUT2D eigenvalue weighted by molar-refractivity contribution is 9.10. The smallest absolute Gasteiger partial charge is 0.295 e. The van der Waals surface area contributed by atoms with Crippen LogP contribution in [0.25, 0.3) is 5.69 Å². The van der Waals surface area contributed by atoms with Gasteiger partial charge >= 0.3 is 0 Å². The first kappa shape index (κ1) is 22.2. The summed E-state index contributed by atoms with van der Waals surface area (Å²) in [4.78, 5) is 25.5.